The number of benzene rings is 1. The van der Waals surface area contributed by atoms with Gasteiger partial charge in [0.2, 0.25) is 0 Å². The second kappa shape index (κ2) is 8.68. The van der Waals surface area contributed by atoms with E-state index in [1.165, 1.54) is 24.5 Å². The Bertz CT molecular complexity index is 769. The van der Waals surface area contributed by atoms with Crippen molar-refractivity contribution in [2.24, 2.45) is 0 Å². The van der Waals surface area contributed by atoms with E-state index in [2.05, 4.69) is 17.1 Å². The molecule has 1 N–H and O–H groups in total. The highest BCUT2D eigenvalue weighted by Gasteiger charge is 2.35. The van der Waals surface area contributed by atoms with Crippen LogP contribution in [0.3, 0.4) is 0 Å². The molecule has 0 bridgehead atoms. The van der Waals surface area contributed by atoms with E-state index in [1.807, 2.05) is 0 Å². The first-order chi connectivity index (χ1) is 13.4. The maximum atomic E-state index is 13.3. The zero-order valence-corrected chi connectivity index (χ0v) is 15.7. The van der Waals surface area contributed by atoms with E-state index in [1.54, 1.807) is 17.0 Å². The fourth-order valence-electron chi connectivity index (χ4n) is 3.51. The quantitative estimate of drug-likeness (QED) is 0.790. The molecule has 2 heterocycles. The Morgan fingerprint density at radius 3 is 2.54 bits per heavy atom. The lowest BCUT2D eigenvalue weighted by atomic mass is 10.0. The summed E-state index contributed by atoms with van der Waals surface area (Å²) in [6.45, 7) is 4.94. The highest BCUT2D eigenvalue weighted by molar-refractivity contribution is 5.90. The summed E-state index contributed by atoms with van der Waals surface area (Å²) >= 11 is 0. The molecule has 5 nitrogen and oxygen atoms in total. The van der Waals surface area contributed by atoms with Crippen molar-refractivity contribution in [3.63, 3.8) is 0 Å². The third kappa shape index (κ3) is 4.86. The molecule has 28 heavy (non-hydrogen) atoms. The molecule has 0 saturated carbocycles. The van der Waals surface area contributed by atoms with Gasteiger partial charge in [0.15, 0.2) is 0 Å². The number of amides is 2. The number of hydrogen-bond donors (Lipinski definition) is 1. The Balaban J connectivity index is 1.79. The standard InChI is InChI=1S/C20H24F3N3O2/c1-2-25-11-9-15(10-12-25)26(14-16-6-5-13-28-16)19(27)24-18-8-4-3-7-17(18)20(21,22)23/h3-8,13,15H,2,9-12,14H2,1H3,(H,24,27). The number of para-hydroxylation sites is 1. The number of halogens is 3. The summed E-state index contributed by atoms with van der Waals surface area (Å²) in [7, 11) is 0. The summed E-state index contributed by atoms with van der Waals surface area (Å²) in [6, 6.07) is 7.88. The van der Waals surface area contributed by atoms with Crippen LogP contribution in [0, 0.1) is 0 Å². The number of urea groups is 1. The maximum Gasteiger partial charge on any atom is 0.418 e. The van der Waals surface area contributed by atoms with Gasteiger partial charge < -0.3 is 19.5 Å². The number of nitrogens with zero attached hydrogens (tertiary/aromatic N) is 2. The predicted molar refractivity (Wildman–Crippen MR) is 99.8 cm³/mol. The van der Waals surface area contributed by atoms with Gasteiger partial charge in [0, 0.05) is 19.1 Å². The molecule has 0 unspecified atom stereocenters. The molecular weight excluding hydrogens is 371 g/mol. The summed E-state index contributed by atoms with van der Waals surface area (Å²) in [6.07, 6.45) is -1.49. The Kier molecular flexibility index (Phi) is 6.28. The van der Waals surface area contributed by atoms with Crippen LogP contribution in [0.25, 0.3) is 0 Å². The third-order valence-electron chi connectivity index (χ3n) is 5.09. The number of furan rings is 1. The zero-order valence-electron chi connectivity index (χ0n) is 15.7. The van der Waals surface area contributed by atoms with Gasteiger partial charge in [-0.2, -0.15) is 13.2 Å². The van der Waals surface area contributed by atoms with Crippen molar-refractivity contribution in [3.8, 4) is 0 Å². The molecule has 1 fully saturated rings. The van der Waals surface area contributed by atoms with Crippen LogP contribution < -0.4 is 5.32 Å². The van der Waals surface area contributed by atoms with Gasteiger partial charge in [0.25, 0.3) is 0 Å². The number of alkyl halides is 3. The van der Waals surface area contributed by atoms with Crippen molar-refractivity contribution in [2.75, 3.05) is 25.0 Å². The zero-order chi connectivity index (χ0) is 20.1. The average Bonchev–Trinajstić information content (AvgIpc) is 3.19. The van der Waals surface area contributed by atoms with Gasteiger partial charge in [-0.1, -0.05) is 19.1 Å². The van der Waals surface area contributed by atoms with Crippen molar-refractivity contribution in [2.45, 2.75) is 38.5 Å². The van der Waals surface area contributed by atoms with Crippen molar-refractivity contribution in [1.82, 2.24) is 9.80 Å². The van der Waals surface area contributed by atoms with Gasteiger partial charge in [-0.05, 0) is 43.7 Å². The molecule has 0 aliphatic carbocycles. The Hall–Kier alpha value is -2.48. The Morgan fingerprint density at radius 1 is 1.21 bits per heavy atom. The van der Waals surface area contributed by atoms with Gasteiger partial charge in [-0.15, -0.1) is 0 Å². The monoisotopic (exact) mass is 395 g/mol. The summed E-state index contributed by atoms with van der Waals surface area (Å²) < 4.78 is 45.1. The summed E-state index contributed by atoms with van der Waals surface area (Å²) in [5.41, 5.74) is -1.10. The van der Waals surface area contributed by atoms with Crippen LogP contribution >= 0.6 is 0 Å². The molecule has 0 radical (unpaired) electrons. The third-order valence-corrected chi connectivity index (χ3v) is 5.09. The van der Waals surface area contributed by atoms with Crippen LogP contribution in [0.15, 0.2) is 47.1 Å². The lowest BCUT2D eigenvalue weighted by Gasteiger charge is -2.38. The number of hydrogen-bond acceptors (Lipinski definition) is 3. The largest absolute Gasteiger partial charge is 0.467 e. The smallest absolute Gasteiger partial charge is 0.418 e. The van der Waals surface area contributed by atoms with Crippen molar-refractivity contribution in [3.05, 3.63) is 54.0 Å². The highest BCUT2D eigenvalue weighted by atomic mass is 19.4. The molecule has 3 rings (SSSR count). The van der Waals surface area contributed by atoms with E-state index in [4.69, 9.17) is 4.42 Å². The van der Waals surface area contributed by atoms with E-state index in [0.29, 0.717) is 5.76 Å². The average molecular weight is 395 g/mol. The van der Waals surface area contributed by atoms with E-state index in [-0.39, 0.29) is 18.3 Å². The number of likely N-dealkylation sites (tertiary alicyclic amines) is 1. The van der Waals surface area contributed by atoms with Gasteiger partial charge >= 0.3 is 12.2 Å². The number of piperidine rings is 1. The minimum absolute atomic E-state index is 0.0639. The van der Waals surface area contributed by atoms with E-state index in [9.17, 15) is 18.0 Å². The second-order valence-electron chi connectivity index (χ2n) is 6.85. The lowest BCUT2D eigenvalue weighted by Crippen LogP contribution is -2.48. The van der Waals surface area contributed by atoms with E-state index in [0.717, 1.165) is 38.5 Å². The number of anilines is 1. The highest BCUT2D eigenvalue weighted by Crippen LogP contribution is 2.35. The summed E-state index contributed by atoms with van der Waals surface area (Å²) in [5, 5.41) is 2.46. The first-order valence-electron chi connectivity index (χ1n) is 9.37. The maximum absolute atomic E-state index is 13.3. The first-order valence-corrected chi connectivity index (χ1v) is 9.37. The molecule has 1 aliphatic rings. The molecular formula is C20H24F3N3O2. The molecule has 1 saturated heterocycles. The number of rotatable bonds is 5. The second-order valence-corrected chi connectivity index (χ2v) is 6.85. The number of carbonyl (C=O) groups is 1. The topological polar surface area (TPSA) is 48.7 Å². The number of carbonyl (C=O) groups excluding carboxylic acids is 1. The van der Waals surface area contributed by atoms with Gasteiger partial charge in [0.1, 0.15) is 5.76 Å². The predicted octanol–water partition coefficient (Wildman–Crippen LogP) is 4.82. The van der Waals surface area contributed by atoms with Crippen molar-refractivity contribution in [1.29, 1.82) is 0 Å². The van der Waals surface area contributed by atoms with E-state index >= 15 is 0 Å². The van der Waals surface area contributed by atoms with Crippen LogP contribution in [0.5, 0.6) is 0 Å². The molecule has 152 valence electrons. The lowest BCUT2D eigenvalue weighted by molar-refractivity contribution is -0.136. The molecule has 0 atom stereocenters. The molecule has 2 aromatic rings. The Labute approximate surface area is 162 Å². The fourth-order valence-corrected chi connectivity index (χ4v) is 3.51. The molecule has 8 heteroatoms. The minimum Gasteiger partial charge on any atom is -0.467 e. The van der Waals surface area contributed by atoms with Crippen LogP contribution in [-0.4, -0.2) is 41.5 Å². The molecule has 0 spiro atoms. The number of nitrogens with one attached hydrogen (secondary N) is 1. The van der Waals surface area contributed by atoms with Gasteiger partial charge in [-0.3, -0.25) is 0 Å². The first kappa shape index (κ1) is 20.3. The Morgan fingerprint density at radius 2 is 1.93 bits per heavy atom. The SMILES string of the molecule is CCN1CCC(N(Cc2ccco2)C(=O)Nc2ccccc2C(F)(F)F)CC1. The molecule has 1 aliphatic heterocycles. The van der Waals surface area contributed by atoms with Crippen molar-refractivity contribution < 1.29 is 22.4 Å². The fraction of sp³-hybridized carbons (Fsp3) is 0.450. The summed E-state index contributed by atoms with van der Waals surface area (Å²) in [4.78, 5) is 16.8. The van der Waals surface area contributed by atoms with Crippen LogP contribution in [0.2, 0.25) is 0 Å². The van der Waals surface area contributed by atoms with Gasteiger partial charge in [-0.25, -0.2) is 4.79 Å². The normalized spacial score (nSPS) is 16.1. The van der Waals surface area contributed by atoms with Crippen molar-refractivity contribution >= 4 is 11.7 Å². The summed E-state index contributed by atoms with van der Waals surface area (Å²) in [5.74, 6) is 0.595. The van der Waals surface area contributed by atoms with Crippen LogP contribution in [-0.2, 0) is 12.7 Å². The van der Waals surface area contributed by atoms with Gasteiger partial charge in [0.05, 0.1) is 24.1 Å². The minimum atomic E-state index is -4.54. The van der Waals surface area contributed by atoms with Crippen LogP contribution in [0.1, 0.15) is 31.1 Å². The molecule has 1 aromatic heterocycles. The van der Waals surface area contributed by atoms with E-state index < -0.39 is 17.8 Å². The molecule has 1 aromatic carbocycles. The molecule has 2 amide bonds. The van der Waals surface area contributed by atoms with Crippen LogP contribution in [0.4, 0.5) is 23.7 Å².